The van der Waals surface area contributed by atoms with Crippen LogP contribution >= 0.6 is 23.2 Å². The first kappa shape index (κ1) is 13.1. The largest absolute Gasteiger partial charge is 0.292 e. The molecule has 2 rings (SSSR count). The fourth-order valence-electron chi connectivity index (χ4n) is 1.82. The number of Topliss-reactive ketones (excluding diaryl/α,β-unsaturated/α-hetero) is 1. The van der Waals surface area contributed by atoms with Crippen molar-refractivity contribution < 1.29 is 4.79 Å². The molecule has 1 heterocycles. The summed E-state index contributed by atoms with van der Waals surface area (Å²) in [5.74, 6) is -0.0481. The minimum absolute atomic E-state index is 0.0481. The fraction of sp³-hybridized carbons (Fsp3) is 0.231. The Kier molecular flexibility index (Phi) is 3.73. The second-order valence-electron chi connectivity index (χ2n) is 4.09. The predicted molar refractivity (Wildman–Crippen MR) is 72.4 cm³/mol. The van der Waals surface area contributed by atoms with Crippen LogP contribution < -0.4 is 0 Å². The van der Waals surface area contributed by atoms with Crippen LogP contribution in [0.4, 0.5) is 0 Å². The van der Waals surface area contributed by atoms with Crippen molar-refractivity contribution in [2.75, 3.05) is 0 Å². The Balaban J connectivity index is 2.30. The average Bonchev–Trinajstić information content (AvgIpc) is 2.63. The number of halogens is 2. The normalized spacial score (nSPS) is 10.7. The van der Waals surface area contributed by atoms with Crippen molar-refractivity contribution in [2.45, 2.75) is 13.3 Å². The highest BCUT2D eigenvalue weighted by molar-refractivity contribution is 6.36. The summed E-state index contributed by atoms with van der Waals surface area (Å²) in [6, 6.07) is 6.97. The van der Waals surface area contributed by atoms with Gasteiger partial charge in [-0.15, -0.1) is 0 Å². The minimum atomic E-state index is -0.0481. The van der Waals surface area contributed by atoms with Crippen LogP contribution in [0.5, 0.6) is 0 Å². The lowest BCUT2D eigenvalue weighted by atomic mass is 10.1. The molecule has 0 atom stereocenters. The van der Waals surface area contributed by atoms with E-state index in [2.05, 4.69) is 5.10 Å². The molecule has 0 amide bonds. The third-order valence-corrected chi connectivity index (χ3v) is 3.39. The number of aryl methyl sites for hydroxylation is 2. The number of carbonyl (C=O) groups excluding carboxylic acids is 1. The van der Waals surface area contributed by atoms with Crippen LogP contribution in [0.15, 0.2) is 24.3 Å². The van der Waals surface area contributed by atoms with Gasteiger partial charge in [0.15, 0.2) is 5.78 Å². The number of hydrogen-bond donors (Lipinski definition) is 0. The smallest absolute Gasteiger partial charge is 0.185 e. The van der Waals surface area contributed by atoms with Crippen molar-refractivity contribution in [1.29, 1.82) is 0 Å². The lowest BCUT2D eigenvalue weighted by Crippen LogP contribution is -2.10. The number of aromatic nitrogens is 2. The van der Waals surface area contributed by atoms with Crippen LogP contribution in [0.2, 0.25) is 10.0 Å². The quantitative estimate of drug-likeness (QED) is 0.808. The van der Waals surface area contributed by atoms with Gasteiger partial charge in [0.25, 0.3) is 0 Å². The zero-order valence-corrected chi connectivity index (χ0v) is 11.6. The number of rotatable bonds is 3. The number of benzene rings is 1. The van der Waals surface area contributed by atoms with Crippen LogP contribution in [0, 0.1) is 6.92 Å². The van der Waals surface area contributed by atoms with Crippen molar-refractivity contribution in [2.24, 2.45) is 7.05 Å². The molecule has 0 aliphatic rings. The van der Waals surface area contributed by atoms with Crippen LogP contribution in [-0.2, 0) is 13.5 Å². The maximum Gasteiger partial charge on any atom is 0.185 e. The molecule has 0 aliphatic carbocycles. The zero-order chi connectivity index (χ0) is 13.3. The third-order valence-electron chi connectivity index (χ3n) is 2.69. The topological polar surface area (TPSA) is 34.9 Å². The van der Waals surface area contributed by atoms with Gasteiger partial charge in [-0.05, 0) is 30.7 Å². The Labute approximate surface area is 115 Å². The monoisotopic (exact) mass is 282 g/mol. The zero-order valence-electron chi connectivity index (χ0n) is 10.1. The second-order valence-corrected chi connectivity index (χ2v) is 4.91. The molecule has 5 heteroatoms. The highest BCUT2D eigenvalue weighted by Gasteiger charge is 2.16. The third kappa shape index (κ3) is 2.57. The van der Waals surface area contributed by atoms with Crippen molar-refractivity contribution in [1.82, 2.24) is 9.78 Å². The maximum absolute atomic E-state index is 12.2. The number of ketones is 1. The molecule has 94 valence electrons. The summed E-state index contributed by atoms with van der Waals surface area (Å²) in [6.07, 6.45) is 0.178. The Bertz CT molecular complexity index is 585. The van der Waals surface area contributed by atoms with Gasteiger partial charge in [-0.1, -0.05) is 29.3 Å². The Morgan fingerprint density at radius 1 is 1.33 bits per heavy atom. The summed E-state index contributed by atoms with van der Waals surface area (Å²) in [5.41, 5.74) is 2.03. The molecule has 3 nitrogen and oxygen atoms in total. The van der Waals surface area contributed by atoms with E-state index in [0.29, 0.717) is 21.3 Å². The molecular formula is C13H12Cl2N2O. The van der Waals surface area contributed by atoms with E-state index in [4.69, 9.17) is 23.2 Å². The summed E-state index contributed by atoms with van der Waals surface area (Å²) in [4.78, 5) is 12.2. The molecule has 0 N–H and O–H groups in total. The van der Waals surface area contributed by atoms with E-state index in [9.17, 15) is 4.79 Å². The predicted octanol–water partition coefficient (Wildman–Crippen LogP) is 3.46. The van der Waals surface area contributed by atoms with E-state index >= 15 is 0 Å². The molecule has 2 aromatic rings. The highest BCUT2D eigenvalue weighted by Crippen LogP contribution is 2.25. The summed E-state index contributed by atoms with van der Waals surface area (Å²) < 4.78 is 1.57. The molecule has 0 aliphatic heterocycles. The molecule has 0 spiro atoms. The molecule has 1 aromatic heterocycles. The summed E-state index contributed by atoms with van der Waals surface area (Å²) in [6.45, 7) is 1.85. The summed E-state index contributed by atoms with van der Waals surface area (Å²) >= 11 is 12.1. The molecule has 0 bridgehead atoms. The lowest BCUT2D eigenvalue weighted by Gasteiger charge is -2.06. The number of carbonyl (C=O) groups is 1. The van der Waals surface area contributed by atoms with E-state index in [-0.39, 0.29) is 12.2 Å². The Hall–Kier alpha value is -1.32. The van der Waals surface area contributed by atoms with Gasteiger partial charge in [-0.3, -0.25) is 9.48 Å². The molecule has 0 saturated heterocycles. The molecule has 0 fully saturated rings. The van der Waals surface area contributed by atoms with Crippen LogP contribution in [0.25, 0.3) is 0 Å². The van der Waals surface area contributed by atoms with E-state index in [1.54, 1.807) is 36.0 Å². The van der Waals surface area contributed by atoms with Gasteiger partial charge in [0.05, 0.1) is 5.69 Å². The average molecular weight is 283 g/mol. The Morgan fingerprint density at radius 3 is 2.44 bits per heavy atom. The first-order valence-electron chi connectivity index (χ1n) is 5.45. The maximum atomic E-state index is 12.2. The van der Waals surface area contributed by atoms with Crippen LogP contribution in [0.3, 0.4) is 0 Å². The van der Waals surface area contributed by atoms with Gasteiger partial charge in [-0.2, -0.15) is 5.10 Å². The first-order valence-corrected chi connectivity index (χ1v) is 6.21. The van der Waals surface area contributed by atoms with E-state index in [1.165, 1.54) is 0 Å². The second kappa shape index (κ2) is 5.12. The van der Waals surface area contributed by atoms with Crippen molar-refractivity contribution in [3.05, 3.63) is 51.3 Å². The van der Waals surface area contributed by atoms with Gasteiger partial charge in [-0.25, -0.2) is 0 Å². The van der Waals surface area contributed by atoms with Crippen LogP contribution in [0.1, 0.15) is 21.7 Å². The van der Waals surface area contributed by atoms with Gasteiger partial charge >= 0.3 is 0 Å². The van der Waals surface area contributed by atoms with Crippen molar-refractivity contribution in [3.8, 4) is 0 Å². The van der Waals surface area contributed by atoms with E-state index in [1.807, 2.05) is 6.92 Å². The fourth-order valence-corrected chi connectivity index (χ4v) is 2.35. The van der Waals surface area contributed by atoms with Gasteiger partial charge in [0, 0.05) is 23.5 Å². The van der Waals surface area contributed by atoms with E-state index < -0.39 is 0 Å². The molecule has 0 saturated carbocycles. The van der Waals surface area contributed by atoms with Crippen molar-refractivity contribution >= 4 is 29.0 Å². The molecule has 0 unspecified atom stereocenters. The number of nitrogens with zero attached hydrogens (tertiary/aromatic N) is 2. The Morgan fingerprint density at radius 2 is 1.94 bits per heavy atom. The molecule has 0 radical (unpaired) electrons. The summed E-state index contributed by atoms with van der Waals surface area (Å²) in [7, 11) is 1.74. The SMILES string of the molecule is Cc1cc(C(=O)Cc2c(Cl)cccc2Cl)n(C)n1. The highest BCUT2D eigenvalue weighted by atomic mass is 35.5. The summed E-state index contributed by atoms with van der Waals surface area (Å²) in [5, 5.41) is 5.17. The molecule has 1 aromatic carbocycles. The van der Waals surface area contributed by atoms with Gasteiger partial charge in [0.2, 0.25) is 0 Å². The minimum Gasteiger partial charge on any atom is -0.292 e. The van der Waals surface area contributed by atoms with Crippen LogP contribution in [-0.4, -0.2) is 15.6 Å². The molecule has 18 heavy (non-hydrogen) atoms. The first-order chi connectivity index (χ1) is 8.49. The molecular weight excluding hydrogens is 271 g/mol. The number of hydrogen-bond acceptors (Lipinski definition) is 2. The van der Waals surface area contributed by atoms with E-state index in [0.717, 1.165) is 5.69 Å². The van der Waals surface area contributed by atoms with Gasteiger partial charge < -0.3 is 0 Å². The standard InChI is InChI=1S/C13H12Cl2N2O/c1-8-6-12(17(2)16-8)13(18)7-9-10(14)4-3-5-11(9)15/h3-6H,7H2,1-2H3. The van der Waals surface area contributed by atoms with Crippen molar-refractivity contribution in [3.63, 3.8) is 0 Å². The lowest BCUT2D eigenvalue weighted by molar-refractivity contribution is 0.0984. The van der Waals surface area contributed by atoms with Gasteiger partial charge in [0.1, 0.15) is 5.69 Å².